The second kappa shape index (κ2) is 7.85. The van der Waals surface area contributed by atoms with E-state index in [1.807, 2.05) is 0 Å². The van der Waals surface area contributed by atoms with Gasteiger partial charge in [0, 0.05) is 6.42 Å². The fourth-order valence-electron chi connectivity index (χ4n) is 10.6. The molecule has 4 unspecified atom stereocenters. The van der Waals surface area contributed by atoms with Gasteiger partial charge in [0.2, 0.25) is 0 Å². The van der Waals surface area contributed by atoms with Crippen LogP contribution in [0.15, 0.2) is 0 Å². The third-order valence-corrected chi connectivity index (χ3v) is 12.7. The zero-order valence-electron chi connectivity index (χ0n) is 21.7. The molecule has 4 aliphatic carbocycles. The van der Waals surface area contributed by atoms with Gasteiger partial charge in [-0.15, -0.1) is 0 Å². The molecule has 0 heterocycles. The number of rotatable bonds is 4. The zero-order valence-corrected chi connectivity index (χ0v) is 21.7. The lowest BCUT2D eigenvalue weighted by molar-refractivity contribution is -0.222. The molecule has 4 rings (SSSR count). The zero-order chi connectivity index (χ0) is 22.9. The Hall–Kier alpha value is -0.370. The van der Waals surface area contributed by atoms with Crippen LogP contribution in [0.4, 0.5) is 0 Å². The summed E-state index contributed by atoms with van der Waals surface area (Å²) >= 11 is 0. The minimum absolute atomic E-state index is 0.0795. The molecule has 0 radical (unpaired) electrons. The highest BCUT2D eigenvalue weighted by Crippen LogP contribution is 2.76. The molecule has 0 aromatic carbocycles. The van der Waals surface area contributed by atoms with Gasteiger partial charge in [-0.1, -0.05) is 48.5 Å². The van der Waals surface area contributed by atoms with Crippen molar-refractivity contribution in [3.63, 3.8) is 0 Å². The summed E-state index contributed by atoms with van der Waals surface area (Å²) in [6.07, 6.45) is 9.06. The van der Waals surface area contributed by atoms with Gasteiger partial charge in [-0.05, 0) is 115 Å². The van der Waals surface area contributed by atoms with E-state index in [9.17, 15) is 9.90 Å². The second-order valence-corrected chi connectivity index (χ2v) is 13.6. The Morgan fingerprint density at radius 1 is 1.00 bits per heavy atom. The third kappa shape index (κ3) is 3.23. The number of hydrogen-bond donors (Lipinski definition) is 1. The lowest BCUT2D eigenvalue weighted by Gasteiger charge is -2.70. The van der Waals surface area contributed by atoms with E-state index in [0.717, 1.165) is 55.3 Å². The van der Waals surface area contributed by atoms with E-state index in [1.54, 1.807) is 6.92 Å². The van der Waals surface area contributed by atoms with E-state index in [-0.39, 0.29) is 6.10 Å². The van der Waals surface area contributed by atoms with E-state index >= 15 is 0 Å². The van der Waals surface area contributed by atoms with Crippen molar-refractivity contribution in [2.45, 2.75) is 113 Å². The molecule has 4 saturated carbocycles. The van der Waals surface area contributed by atoms with Crippen LogP contribution in [0, 0.1) is 63.6 Å². The Labute approximate surface area is 192 Å². The van der Waals surface area contributed by atoms with Crippen molar-refractivity contribution in [3.8, 4) is 0 Å². The van der Waals surface area contributed by atoms with Crippen LogP contribution in [0.25, 0.3) is 0 Å². The van der Waals surface area contributed by atoms with Gasteiger partial charge >= 0.3 is 0 Å². The van der Waals surface area contributed by atoms with E-state index in [1.165, 1.54) is 25.7 Å². The number of ketones is 1. The van der Waals surface area contributed by atoms with Crippen molar-refractivity contribution in [1.29, 1.82) is 0 Å². The lowest BCUT2D eigenvalue weighted by Crippen LogP contribution is -2.64. The topological polar surface area (TPSA) is 37.3 Å². The van der Waals surface area contributed by atoms with Crippen molar-refractivity contribution in [1.82, 2.24) is 0 Å². The second-order valence-electron chi connectivity index (χ2n) is 13.6. The number of carbonyl (C=O) groups is 1. The molecule has 0 bridgehead atoms. The van der Waals surface area contributed by atoms with Gasteiger partial charge in [0.25, 0.3) is 0 Å². The summed E-state index contributed by atoms with van der Waals surface area (Å²) in [5, 5.41) is 10.5. The normalized spacial score (nSPS) is 55.1. The van der Waals surface area contributed by atoms with Gasteiger partial charge in [0.15, 0.2) is 0 Å². The number of hydrogen-bond acceptors (Lipinski definition) is 2. The molecule has 0 aromatic heterocycles. The fraction of sp³-hybridized carbons (Fsp3) is 0.966. The lowest BCUT2D eigenvalue weighted by atomic mass is 9.35. The molecule has 2 nitrogen and oxygen atoms in total. The number of fused-ring (bicyclic) bond motifs is 5. The number of Topliss-reactive ketones (excluding diaryl/α,β-unsaturated/α-hetero) is 1. The molecule has 0 spiro atoms. The van der Waals surface area contributed by atoms with Crippen LogP contribution >= 0.6 is 0 Å². The van der Waals surface area contributed by atoms with Gasteiger partial charge in [0.05, 0.1) is 6.10 Å². The van der Waals surface area contributed by atoms with Crippen molar-refractivity contribution in [2.24, 2.45) is 63.6 Å². The third-order valence-electron chi connectivity index (χ3n) is 12.7. The first kappa shape index (κ1) is 23.8. The molecular formula is C29H50O2. The molecule has 4 aliphatic rings. The summed E-state index contributed by atoms with van der Waals surface area (Å²) in [5.74, 6) is 6.17. The van der Waals surface area contributed by atoms with E-state index < -0.39 is 0 Å². The summed E-state index contributed by atoms with van der Waals surface area (Å²) in [6.45, 7) is 19.8. The number of carbonyl (C=O) groups excluding carboxylic acids is 1. The highest BCUT2D eigenvalue weighted by Gasteiger charge is 2.70. The van der Waals surface area contributed by atoms with Gasteiger partial charge in [-0.3, -0.25) is 0 Å². The highest BCUT2D eigenvalue weighted by molar-refractivity contribution is 5.75. The van der Waals surface area contributed by atoms with Crippen LogP contribution in [0.5, 0.6) is 0 Å². The van der Waals surface area contributed by atoms with Crippen LogP contribution in [-0.2, 0) is 4.79 Å². The Morgan fingerprint density at radius 3 is 2.32 bits per heavy atom. The monoisotopic (exact) mass is 430 g/mol. The first-order valence-corrected chi connectivity index (χ1v) is 13.6. The van der Waals surface area contributed by atoms with Crippen molar-refractivity contribution in [3.05, 3.63) is 0 Å². The number of aliphatic hydroxyl groups excluding tert-OH is 1. The summed E-state index contributed by atoms with van der Waals surface area (Å²) in [6, 6.07) is 0. The molecule has 1 N–H and O–H groups in total. The summed E-state index contributed by atoms with van der Waals surface area (Å²) in [7, 11) is 0. The standard InChI is InChI=1S/C29H50O2/c1-17(9-10-19(3)30)23-12-14-28(7)26-21(5)20(4)24-16-22(31)11-13-27(24,6)25(26)15-18(2)29(23,28)8/h17-18,20-26,31H,9-16H2,1-8H3/t17-,18?,20?,21?,22-,23-,24+,25+,26?,27+,28+,29-/m1/s1. The smallest absolute Gasteiger partial charge is 0.129 e. The van der Waals surface area contributed by atoms with E-state index in [2.05, 4.69) is 48.5 Å². The molecule has 2 heteroatoms. The van der Waals surface area contributed by atoms with Crippen LogP contribution in [0.3, 0.4) is 0 Å². The quantitative estimate of drug-likeness (QED) is 0.514. The highest BCUT2D eigenvalue weighted by atomic mass is 16.3. The maximum atomic E-state index is 11.7. The van der Waals surface area contributed by atoms with Gasteiger partial charge in [-0.25, -0.2) is 0 Å². The molecule has 0 saturated heterocycles. The van der Waals surface area contributed by atoms with Crippen LogP contribution in [-0.4, -0.2) is 17.0 Å². The summed E-state index contributed by atoms with van der Waals surface area (Å²) in [4.78, 5) is 11.7. The van der Waals surface area contributed by atoms with Crippen LogP contribution in [0.2, 0.25) is 0 Å². The van der Waals surface area contributed by atoms with Gasteiger partial charge in [-0.2, -0.15) is 0 Å². The maximum Gasteiger partial charge on any atom is 0.129 e. The van der Waals surface area contributed by atoms with Crippen molar-refractivity contribution >= 4 is 5.78 Å². The molecule has 12 atom stereocenters. The Morgan fingerprint density at radius 2 is 1.68 bits per heavy atom. The van der Waals surface area contributed by atoms with Crippen LogP contribution < -0.4 is 0 Å². The van der Waals surface area contributed by atoms with Crippen LogP contribution in [0.1, 0.15) is 107 Å². The van der Waals surface area contributed by atoms with Gasteiger partial charge in [0.1, 0.15) is 5.78 Å². The molecule has 178 valence electrons. The van der Waals surface area contributed by atoms with E-state index in [4.69, 9.17) is 0 Å². The molecule has 4 fully saturated rings. The SMILES string of the molecule is CC(=O)CC[C@@H](C)[C@H]1CC[C@@]2(C)C3C(C)C(C)[C@@H]4C[C@H](O)CC[C@]4(C)[C@H]3CC(C)[C@]12C. The Kier molecular flexibility index (Phi) is 6.02. The summed E-state index contributed by atoms with van der Waals surface area (Å²) in [5.41, 5.74) is 1.16. The van der Waals surface area contributed by atoms with Crippen molar-refractivity contribution < 1.29 is 9.90 Å². The predicted octanol–water partition coefficient (Wildman–Crippen LogP) is 7.14. The molecule has 0 amide bonds. The Bertz CT molecular complexity index is 701. The summed E-state index contributed by atoms with van der Waals surface area (Å²) < 4.78 is 0. The van der Waals surface area contributed by atoms with E-state index in [0.29, 0.717) is 39.8 Å². The first-order valence-electron chi connectivity index (χ1n) is 13.6. The average Bonchev–Trinajstić information content (AvgIpc) is 2.99. The molecular weight excluding hydrogens is 380 g/mol. The molecule has 0 aromatic rings. The number of aliphatic hydroxyl groups is 1. The minimum atomic E-state index is -0.0795. The minimum Gasteiger partial charge on any atom is -0.393 e. The fourth-order valence-corrected chi connectivity index (χ4v) is 10.6. The average molecular weight is 431 g/mol. The maximum absolute atomic E-state index is 11.7. The first-order chi connectivity index (χ1) is 14.4. The molecule has 0 aliphatic heterocycles. The molecule has 31 heavy (non-hydrogen) atoms. The van der Waals surface area contributed by atoms with Gasteiger partial charge < -0.3 is 9.90 Å². The Balaban J connectivity index is 1.70. The largest absolute Gasteiger partial charge is 0.393 e. The van der Waals surface area contributed by atoms with Crippen molar-refractivity contribution in [2.75, 3.05) is 0 Å². The predicted molar refractivity (Wildman–Crippen MR) is 129 cm³/mol.